The largest absolute Gasteiger partial charge is 0.336 e. The lowest BCUT2D eigenvalue weighted by Crippen LogP contribution is -2.53. The molecule has 2 amide bonds. The zero-order valence-corrected chi connectivity index (χ0v) is 13.9. The van der Waals surface area contributed by atoms with Crippen LogP contribution < -0.4 is 5.32 Å². The third-order valence-electron chi connectivity index (χ3n) is 3.96. The third kappa shape index (κ3) is 2.56. The van der Waals surface area contributed by atoms with E-state index in [2.05, 4.69) is 21.2 Å². The van der Waals surface area contributed by atoms with Crippen molar-refractivity contribution in [3.8, 4) is 0 Å². The summed E-state index contributed by atoms with van der Waals surface area (Å²) >= 11 is 3.32. The molecule has 0 spiro atoms. The van der Waals surface area contributed by atoms with E-state index in [-0.39, 0.29) is 12.1 Å². The average Bonchev–Trinajstić information content (AvgIpc) is 2.82. The molecule has 0 aliphatic carbocycles. The first-order valence-electron chi connectivity index (χ1n) is 6.70. The number of urea groups is 1. The van der Waals surface area contributed by atoms with Crippen LogP contribution in [0, 0.1) is 6.92 Å². The van der Waals surface area contributed by atoms with Crippen LogP contribution in [-0.4, -0.2) is 55.9 Å². The molecular weight excluding hydrogens is 358 g/mol. The van der Waals surface area contributed by atoms with Crippen LogP contribution in [0.15, 0.2) is 27.6 Å². The maximum absolute atomic E-state index is 12.8. The molecule has 2 fully saturated rings. The van der Waals surface area contributed by atoms with Gasteiger partial charge >= 0.3 is 6.03 Å². The molecule has 0 aromatic heterocycles. The SMILES string of the molecule is Cc1ccc(Br)cc1S(=O)(=O)N1CCN2C(=O)NCC2C1. The minimum atomic E-state index is -3.53. The summed E-state index contributed by atoms with van der Waals surface area (Å²) in [5, 5.41) is 2.75. The Kier molecular flexibility index (Phi) is 3.71. The van der Waals surface area contributed by atoms with Gasteiger partial charge in [0.1, 0.15) is 0 Å². The number of aryl methyl sites for hydroxylation is 1. The number of piperazine rings is 1. The van der Waals surface area contributed by atoms with E-state index in [9.17, 15) is 13.2 Å². The maximum Gasteiger partial charge on any atom is 0.317 e. The Morgan fingerprint density at radius 1 is 1.33 bits per heavy atom. The summed E-state index contributed by atoms with van der Waals surface area (Å²) in [6.07, 6.45) is 0. The van der Waals surface area contributed by atoms with E-state index in [0.717, 1.165) is 10.0 Å². The number of nitrogens with zero attached hydrogens (tertiary/aromatic N) is 2. The van der Waals surface area contributed by atoms with Crippen molar-refractivity contribution in [2.75, 3.05) is 26.2 Å². The van der Waals surface area contributed by atoms with E-state index in [1.807, 2.05) is 6.07 Å². The molecule has 0 saturated carbocycles. The highest BCUT2D eigenvalue weighted by atomic mass is 79.9. The molecule has 1 aromatic carbocycles. The summed E-state index contributed by atoms with van der Waals surface area (Å²) in [5.41, 5.74) is 0.723. The lowest BCUT2D eigenvalue weighted by atomic mass is 10.2. The highest BCUT2D eigenvalue weighted by Gasteiger charge is 2.39. The van der Waals surface area contributed by atoms with Gasteiger partial charge in [0.05, 0.1) is 10.9 Å². The topological polar surface area (TPSA) is 69.7 Å². The Balaban J connectivity index is 1.89. The Morgan fingerprint density at radius 2 is 2.10 bits per heavy atom. The van der Waals surface area contributed by atoms with Gasteiger partial charge in [0, 0.05) is 30.7 Å². The lowest BCUT2D eigenvalue weighted by molar-refractivity contribution is 0.164. The number of hydrogen-bond acceptors (Lipinski definition) is 3. The molecule has 2 aliphatic heterocycles. The fraction of sp³-hybridized carbons (Fsp3) is 0.462. The van der Waals surface area contributed by atoms with Gasteiger partial charge in [-0.05, 0) is 24.6 Å². The molecule has 6 nitrogen and oxygen atoms in total. The molecule has 114 valence electrons. The number of halogens is 1. The number of amides is 2. The standard InChI is InChI=1S/C13H16BrN3O3S/c1-9-2-3-10(14)6-12(9)21(19,20)16-4-5-17-11(8-16)7-15-13(17)18/h2-3,6,11H,4-5,7-8H2,1H3,(H,15,18). The number of benzene rings is 1. The third-order valence-corrected chi connectivity index (χ3v) is 6.46. The zero-order valence-electron chi connectivity index (χ0n) is 11.5. The Morgan fingerprint density at radius 3 is 2.86 bits per heavy atom. The number of hydrogen-bond donors (Lipinski definition) is 1. The van der Waals surface area contributed by atoms with E-state index >= 15 is 0 Å². The summed E-state index contributed by atoms with van der Waals surface area (Å²) < 4.78 is 27.8. The molecular formula is C13H16BrN3O3S. The van der Waals surface area contributed by atoms with Gasteiger partial charge in [-0.1, -0.05) is 22.0 Å². The molecule has 1 N–H and O–H groups in total. The quantitative estimate of drug-likeness (QED) is 0.845. The molecule has 2 heterocycles. The predicted molar refractivity (Wildman–Crippen MR) is 81.5 cm³/mol. The van der Waals surface area contributed by atoms with Crippen molar-refractivity contribution in [2.24, 2.45) is 0 Å². The molecule has 2 aliphatic rings. The van der Waals surface area contributed by atoms with Gasteiger partial charge in [-0.25, -0.2) is 13.2 Å². The molecule has 0 bridgehead atoms. The molecule has 2 saturated heterocycles. The number of rotatable bonds is 2. The van der Waals surface area contributed by atoms with Crippen LogP contribution in [-0.2, 0) is 10.0 Å². The Hall–Kier alpha value is -1.12. The highest BCUT2D eigenvalue weighted by molar-refractivity contribution is 9.10. The van der Waals surface area contributed by atoms with Crippen molar-refractivity contribution < 1.29 is 13.2 Å². The Bertz CT molecular complexity index is 692. The van der Waals surface area contributed by atoms with Crippen molar-refractivity contribution in [1.82, 2.24) is 14.5 Å². The van der Waals surface area contributed by atoms with Crippen LogP contribution in [0.25, 0.3) is 0 Å². The monoisotopic (exact) mass is 373 g/mol. The van der Waals surface area contributed by atoms with Crippen LogP contribution in [0.1, 0.15) is 5.56 Å². The van der Waals surface area contributed by atoms with Crippen LogP contribution in [0.5, 0.6) is 0 Å². The normalized spacial score (nSPS) is 23.0. The average molecular weight is 374 g/mol. The van der Waals surface area contributed by atoms with Gasteiger partial charge in [0.15, 0.2) is 0 Å². The van der Waals surface area contributed by atoms with Gasteiger partial charge < -0.3 is 10.2 Å². The maximum atomic E-state index is 12.8. The van der Waals surface area contributed by atoms with E-state index < -0.39 is 10.0 Å². The first-order chi connectivity index (χ1) is 9.89. The summed E-state index contributed by atoms with van der Waals surface area (Å²) in [5.74, 6) is 0. The predicted octanol–water partition coefficient (Wildman–Crippen LogP) is 1.16. The van der Waals surface area contributed by atoms with Crippen LogP contribution in [0.4, 0.5) is 4.79 Å². The summed E-state index contributed by atoms with van der Waals surface area (Å²) in [6, 6.07) is 5.07. The minimum Gasteiger partial charge on any atom is -0.336 e. The summed E-state index contributed by atoms with van der Waals surface area (Å²) in [4.78, 5) is 13.6. The fourth-order valence-electron chi connectivity index (χ4n) is 2.78. The zero-order chi connectivity index (χ0) is 15.2. The van der Waals surface area contributed by atoms with Crippen LogP contribution in [0.3, 0.4) is 0 Å². The first kappa shape index (κ1) is 14.8. The first-order valence-corrected chi connectivity index (χ1v) is 8.93. The number of fused-ring (bicyclic) bond motifs is 1. The van der Waals surface area contributed by atoms with Crippen molar-refractivity contribution in [2.45, 2.75) is 17.9 Å². The molecule has 1 atom stereocenters. The fourth-order valence-corrected chi connectivity index (χ4v) is 5.02. The molecule has 0 radical (unpaired) electrons. The number of sulfonamides is 1. The smallest absolute Gasteiger partial charge is 0.317 e. The van der Waals surface area contributed by atoms with Crippen LogP contribution >= 0.6 is 15.9 Å². The van der Waals surface area contributed by atoms with Crippen molar-refractivity contribution in [1.29, 1.82) is 0 Å². The molecule has 8 heteroatoms. The number of carbonyl (C=O) groups excluding carboxylic acids is 1. The van der Waals surface area contributed by atoms with E-state index in [4.69, 9.17) is 0 Å². The summed E-state index contributed by atoms with van der Waals surface area (Å²) in [6.45, 7) is 3.40. The second-order valence-corrected chi connectivity index (χ2v) is 8.13. The molecule has 1 unspecified atom stereocenters. The van der Waals surface area contributed by atoms with Crippen molar-refractivity contribution >= 4 is 32.0 Å². The van der Waals surface area contributed by atoms with Gasteiger partial charge in [0.2, 0.25) is 10.0 Å². The van der Waals surface area contributed by atoms with Crippen molar-refractivity contribution in [3.63, 3.8) is 0 Å². The van der Waals surface area contributed by atoms with Crippen LogP contribution in [0.2, 0.25) is 0 Å². The highest BCUT2D eigenvalue weighted by Crippen LogP contribution is 2.26. The van der Waals surface area contributed by atoms with E-state index in [1.165, 1.54) is 4.31 Å². The molecule has 1 aromatic rings. The lowest BCUT2D eigenvalue weighted by Gasteiger charge is -2.35. The Labute approximate surface area is 132 Å². The number of nitrogens with one attached hydrogen (secondary N) is 1. The van der Waals surface area contributed by atoms with Gasteiger partial charge in [-0.3, -0.25) is 0 Å². The van der Waals surface area contributed by atoms with Crippen molar-refractivity contribution in [3.05, 3.63) is 28.2 Å². The van der Waals surface area contributed by atoms with E-state index in [1.54, 1.807) is 24.0 Å². The van der Waals surface area contributed by atoms with Gasteiger partial charge in [-0.15, -0.1) is 0 Å². The molecule has 3 rings (SSSR count). The second-order valence-electron chi connectivity index (χ2n) is 5.31. The molecule has 21 heavy (non-hydrogen) atoms. The van der Waals surface area contributed by atoms with E-state index in [0.29, 0.717) is 31.1 Å². The number of carbonyl (C=O) groups is 1. The second kappa shape index (κ2) is 5.26. The summed E-state index contributed by atoms with van der Waals surface area (Å²) in [7, 11) is -3.53. The minimum absolute atomic E-state index is 0.0755. The van der Waals surface area contributed by atoms with Gasteiger partial charge in [0.25, 0.3) is 0 Å². The van der Waals surface area contributed by atoms with Gasteiger partial charge in [-0.2, -0.15) is 4.31 Å².